The summed E-state index contributed by atoms with van der Waals surface area (Å²) in [6, 6.07) is 4.89. The second-order valence-electron chi connectivity index (χ2n) is 5.42. The van der Waals surface area contributed by atoms with Crippen molar-refractivity contribution in [3.05, 3.63) is 28.2 Å². The summed E-state index contributed by atoms with van der Waals surface area (Å²) < 4.78 is 28.6. The van der Waals surface area contributed by atoms with Gasteiger partial charge in [0.15, 0.2) is 0 Å². The average molecular weight is 361 g/mol. The van der Waals surface area contributed by atoms with E-state index in [1.165, 1.54) is 12.8 Å². The third-order valence-corrected chi connectivity index (χ3v) is 6.35. The molecule has 0 spiro atoms. The molecule has 1 saturated carbocycles. The van der Waals surface area contributed by atoms with Crippen molar-refractivity contribution in [3.63, 3.8) is 0 Å². The average Bonchev–Trinajstić information content (AvgIpc) is 2.93. The Balaban J connectivity index is 2.18. The first-order chi connectivity index (χ1) is 9.44. The Labute approximate surface area is 129 Å². The summed E-state index contributed by atoms with van der Waals surface area (Å²) in [4.78, 5) is 0.301. The Morgan fingerprint density at radius 3 is 2.60 bits per heavy atom. The molecule has 1 aliphatic carbocycles. The van der Waals surface area contributed by atoms with Gasteiger partial charge in [-0.25, -0.2) is 13.1 Å². The summed E-state index contributed by atoms with van der Waals surface area (Å²) in [5, 5.41) is 0. The maximum Gasteiger partial charge on any atom is 0.240 e. The van der Waals surface area contributed by atoms with Gasteiger partial charge in [0, 0.05) is 17.1 Å². The van der Waals surface area contributed by atoms with E-state index < -0.39 is 10.0 Å². The lowest BCUT2D eigenvalue weighted by Crippen LogP contribution is -2.44. The minimum absolute atomic E-state index is 0.161. The van der Waals surface area contributed by atoms with E-state index in [4.69, 9.17) is 5.73 Å². The lowest BCUT2D eigenvalue weighted by molar-refractivity contribution is 0.405. The van der Waals surface area contributed by atoms with Gasteiger partial charge in [-0.2, -0.15) is 0 Å². The van der Waals surface area contributed by atoms with Gasteiger partial charge in [0.1, 0.15) is 0 Å². The van der Waals surface area contributed by atoms with Gasteiger partial charge in [0.05, 0.1) is 4.90 Å². The Kier molecular flexibility index (Phi) is 5.23. The molecule has 4 nitrogen and oxygen atoms in total. The third-order valence-electron chi connectivity index (χ3n) is 3.97. The molecule has 112 valence electrons. The minimum Gasteiger partial charge on any atom is -0.329 e. The van der Waals surface area contributed by atoms with Crippen LogP contribution in [0.3, 0.4) is 0 Å². The van der Waals surface area contributed by atoms with Crippen LogP contribution in [0, 0.1) is 12.8 Å². The third kappa shape index (κ3) is 3.61. The van der Waals surface area contributed by atoms with Gasteiger partial charge in [-0.3, -0.25) is 0 Å². The topological polar surface area (TPSA) is 72.2 Å². The van der Waals surface area contributed by atoms with Gasteiger partial charge in [-0.1, -0.05) is 28.8 Å². The van der Waals surface area contributed by atoms with Crippen molar-refractivity contribution in [2.75, 3.05) is 6.54 Å². The Bertz CT molecular complexity index is 569. The molecule has 6 heteroatoms. The van der Waals surface area contributed by atoms with E-state index in [1.54, 1.807) is 18.2 Å². The first-order valence-electron chi connectivity index (χ1n) is 6.92. The van der Waals surface area contributed by atoms with Gasteiger partial charge in [-0.15, -0.1) is 0 Å². The van der Waals surface area contributed by atoms with Crippen molar-refractivity contribution in [1.29, 1.82) is 0 Å². The zero-order chi connectivity index (χ0) is 14.8. The smallest absolute Gasteiger partial charge is 0.240 e. The van der Waals surface area contributed by atoms with Crippen LogP contribution in [-0.2, 0) is 10.0 Å². The van der Waals surface area contributed by atoms with Crippen molar-refractivity contribution in [2.45, 2.75) is 43.5 Å². The van der Waals surface area contributed by atoms with Crippen LogP contribution in [-0.4, -0.2) is 21.0 Å². The highest BCUT2D eigenvalue weighted by molar-refractivity contribution is 9.10. The SMILES string of the molecule is Cc1cc(S(=O)(=O)NC(CN)C2CCCC2)ccc1Br. The quantitative estimate of drug-likeness (QED) is 0.847. The number of nitrogens with one attached hydrogen (secondary N) is 1. The van der Waals surface area contributed by atoms with E-state index in [2.05, 4.69) is 20.7 Å². The first-order valence-corrected chi connectivity index (χ1v) is 9.20. The summed E-state index contributed by atoms with van der Waals surface area (Å²) in [7, 11) is -3.50. The maximum absolute atomic E-state index is 12.4. The summed E-state index contributed by atoms with van der Waals surface area (Å²) in [5.74, 6) is 0.367. The van der Waals surface area contributed by atoms with Gasteiger partial charge in [0.25, 0.3) is 0 Å². The Morgan fingerprint density at radius 2 is 2.05 bits per heavy atom. The van der Waals surface area contributed by atoms with Crippen LogP contribution in [0.4, 0.5) is 0 Å². The van der Waals surface area contributed by atoms with E-state index in [1.807, 2.05) is 6.92 Å². The highest BCUT2D eigenvalue weighted by Crippen LogP contribution is 2.28. The second-order valence-corrected chi connectivity index (χ2v) is 7.99. The number of benzene rings is 1. The van der Waals surface area contributed by atoms with E-state index in [0.717, 1.165) is 22.9 Å². The molecule has 0 radical (unpaired) electrons. The monoisotopic (exact) mass is 360 g/mol. The summed E-state index contributed by atoms with van der Waals surface area (Å²) in [6.07, 6.45) is 4.45. The molecule has 1 atom stereocenters. The summed E-state index contributed by atoms with van der Waals surface area (Å²) in [5.41, 5.74) is 6.66. The van der Waals surface area contributed by atoms with E-state index in [9.17, 15) is 8.42 Å². The van der Waals surface area contributed by atoms with Crippen LogP contribution in [0.1, 0.15) is 31.2 Å². The highest BCUT2D eigenvalue weighted by Gasteiger charge is 2.28. The molecule has 1 unspecified atom stereocenters. The molecule has 1 fully saturated rings. The molecular formula is C14H21BrN2O2S. The lowest BCUT2D eigenvalue weighted by atomic mass is 9.99. The molecule has 2 rings (SSSR count). The number of sulfonamides is 1. The molecule has 20 heavy (non-hydrogen) atoms. The van der Waals surface area contributed by atoms with Crippen LogP contribution in [0.2, 0.25) is 0 Å². The molecule has 0 aliphatic heterocycles. The molecular weight excluding hydrogens is 340 g/mol. The van der Waals surface area contributed by atoms with E-state index in [0.29, 0.717) is 17.4 Å². The number of aryl methyl sites for hydroxylation is 1. The molecule has 1 aromatic carbocycles. The predicted octanol–water partition coefficient (Wildman–Crippen LogP) is 2.55. The summed E-state index contributed by atoms with van der Waals surface area (Å²) in [6.45, 7) is 2.22. The Hall–Kier alpha value is -0.430. The standard InChI is InChI=1S/C14H21BrN2O2S/c1-10-8-12(6-7-13(10)15)20(18,19)17-14(9-16)11-4-2-3-5-11/h6-8,11,14,17H,2-5,9,16H2,1H3. The number of hydrogen-bond acceptors (Lipinski definition) is 3. The molecule has 1 aromatic rings. The molecule has 0 saturated heterocycles. The van der Waals surface area contributed by atoms with E-state index >= 15 is 0 Å². The number of halogens is 1. The highest BCUT2D eigenvalue weighted by atomic mass is 79.9. The molecule has 3 N–H and O–H groups in total. The molecule has 0 heterocycles. The van der Waals surface area contributed by atoms with Gasteiger partial charge in [-0.05, 0) is 49.4 Å². The van der Waals surface area contributed by atoms with E-state index in [-0.39, 0.29) is 6.04 Å². The fourth-order valence-corrected chi connectivity index (χ4v) is 4.40. The van der Waals surface area contributed by atoms with Gasteiger partial charge >= 0.3 is 0 Å². The van der Waals surface area contributed by atoms with Gasteiger partial charge in [0.2, 0.25) is 10.0 Å². The number of nitrogens with two attached hydrogens (primary N) is 1. The fraction of sp³-hybridized carbons (Fsp3) is 0.571. The number of hydrogen-bond donors (Lipinski definition) is 2. The molecule has 0 aromatic heterocycles. The summed E-state index contributed by atoms with van der Waals surface area (Å²) >= 11 is 3.38. The fourth-order valence-electron chi connectivity index (χ4n) is 2.75. The molecule has 0 amide bonds. The maximum atomic E-state index is 12.4. The normalized spacial score (nSPS) is 18.4. The van der Waals surface area contributed by atoms with Crippen LogP contribution in [0.5, 0.6) is 0 Å². The van der Waals surface area contributed by atoms with Crippen molar-refractivity contribution < 1.29 is 8.42 Å². The zero-order valence-corrected chi connectivity index (χ0v) is 14.0. The van der Waals surface area contributed by atoms with Crippen LogP contribution in [0.25, 0.3) is 0 Å². The van der Waals surface area contributed by atoms with Gasteiger partial charge < -0.3 is 5.73 Å². The molecule has 0 bridgehead atoms. The van der Waals surface area contributed by atoms with Crippen molar-refractivity contribution in [3.8, 4) is 0 Å². The van der Waals surface area contributed by atoms with Crippen molar-refractivity contribution in [2.24, 2.45) is 11.7 Å². The van der Waals surface area contributed by atoms with Crippen LogP contribution in [0.15, 0.2) is 27.6 Å². The first kappa shape index (κ1) is 15.9. The van der Waals surface area contributed by atoms with Crippen molar-refractivity contribution in [1.82, 2.24) is 4.72 Å². The number of rotatable bonds is 5. The zero-order valence-electron chi connectivity index (χ0n) is 11.6. The van der Waals surface area contributed by atoms with Crippen LogP contribution >= 0.6 is 15.9 Å². The minimum atomic E-state index is -3.50. The predicted molar refractivity (Wildman–Crippen MR) is 84.0 cm³/mol. The largest absolute Gasteiger partial charge is 0.329 e. The Morgan fingerprint density at radius 1 is 1.40 bits per heavy atom. The lowest BCUT2D eigenvalue weighted by Gasteiger charge is -2.23. The molecule has 1 aliphatic rings. The second kappa shape index (κ2) is 6.56. The van der Waals surface area contributed by atoms with Crippen LogP contribution < -0.4 is 10.5 Å². The van der Waals surface area contributed by atoms with Crippen molar-refractivity contribution >= 4 is 26.0 Å².